The predicted molar refractivity (Wildman–Crippen MR) is 60.8 cm³/mol. The van der Waals surface area contributed by atoms with Crippen molar-refractivity contribution in [2.24, 2.45) is 5.92 Å². The highest BCUT2D eigenvalue weighted by Gasteiger charge is 2.30. The van der Waals surface area contributed by atoms with Gasteiger partial charge in [0.25, 0.3) is 0 Å². The minimum absolute atomic E-state index is 0.0485. The van der Waals surface area contributed by atoms with E-state index in [-0.39, 0.29) is 23.3 Å². The van der Waals surface area contributed by atoms with Crippen molar-refractivity contribution in [1.82, 2.24) is 10.2 Å². The second-order valence-corrected chi connectivity index (χ2v) is 6.83. The molecule has 16 heavy (non-hydrogen) atoms. The average molecular weight is 246 g/mol. The van der Waals surface area contributed by atoms with Crippen LogP contribution in [0.4, 0.5) is 0 Å². The van der Waals surface area contributed by atoms with Crippen molar-refractivity contribution in [2.45, 2.75) is 12.8 Å². The Hall–Kier alpha value is -0.620. The van der Waals surface area contributed by atoms with Gasteiger partial charge in [0.1, 0.15) is 0 Å². The molecule has 0 aliphatic carbocycles. The molecule has 92 valence electrons. The number of rotatable bonds is 2. The van der Waals surface area contributed by atoms with Gasteiger partial charge in [-0.3, -0.25) is 4.79 Å². The maximum Gasteiger partial charge on any atom is 0.222 e. The van der Waals surface area contributed by atoms with E-state index in [1.54, 1.807) is 0 Å². The summed E-state index contributed by atoms with van der Waals surface area (Å²) in [4.78, 5) is 13.7. The highest BCUT2D eigenvalue weighted by molar-refractivity contribution is 7.91. The Morgan fingerprint density at radius 1 is 1.31 bits per heavy atom. The molecule has 0 radical (unpaired) electrons. The minimum atomic E-state index is -2.85. The molecule has 1 amide bonds. The van der Waals surface area contributed by atoms with E-state index < -0.39 is 9.84 Å². The first-order valence-electron chi connectivity index (χ1n) is 5.76. The Kier molecular flexibility index (Phi) is 3.49. The molecule has 0 aromatic carbocycles. The lowest BCUT2D eigenvalue weighted by Gasteiger charge is -2.28. The largest absolute Gasteiger partial charge is 0.340 e. The van der Waals surface area contributed by atoms with Crippen LogP contribution in [0.2, 0.25) is 0 Å². The number of carbonyl (C=O) groups excluding carboxylic acids is 1. The van der Waals surface area contributed by atoms with Crippen LogP contribution in [0.1, 0.15) is 12.8 Å². The third kappa shape index (κ3) is 2.95. The number of hydrogen-bond donors (Lipinski definition) is 1. The van der Waals surface area contributed by atoms with E-state index in [4.69, 9.17) is 0 Å². The molecule has 0 saturated carbocycles. The van der Waals surface area contributed by atoms with E-state index in [9.17, 15) is 13.2 Å². The third-order valence-corrected chi connectivity index (χ3v) is 5.10. The highest BCUT2D eigenvalue weighted by atomic mass is 32.2. The van der Waals surface area contributed by atoms with Crippen LogP contribution < -0.4 is 5.32 Å². The Balaban J connectivity index is 1.83. The van der Waals surface area contributed by atoms with Crippen molar-refractivity contribution in [3.8, 4) is 0 Å². The van der Waals surface area contributed by atoms with Crippen molar-refractivity contribution in [1.29, 1.82) is 0 Å². The lowest BCUT2D eigenvalue weighted by Crippen LogP contribution is -2.46. The molecule has 5 nitrogen and oxygen atoms in total. The van der Waals surface area contributed by atoms with Crippen molar-refractivity contribution >= 4 is 15.7 Å². The fourth-order valence-electron chi connectivity index (χ4n) is 2.32. The molecule has 6 heteroatoms. The van der Waals surface area contributed by atoms with Crippen LogP contribution in [0.15, 0.2) is 0 Å². The van der Waals surface area contributed by atoms with E-state index in [1.165, 1.54) is 0 Å². The van der Waals surface area contributed by atoms with Crippen molar-refractivity contribution < 1.29 is 13.2 Å². The summed E-state index contributed by atoms with van der Waals surface area (Å²) in [5, 5.41) is 3.19. The van der Waals surface area contributed by atoms with Gasteiger partial charge in [0, 0.05) is 32.6 Å². The number of nitrogens with zero attached hydrogens (tertiary/aromatic N) is 1. The molecule has 2 rings (SSSR count). The Bertz CT molecular complexity index is 360. The molecule has 1 N–H and O–H groups in total. The standard InChI is InChI=1S/C10H18N2O3S/c13-10(12-4-2-11-3-5-12)7-9-1-6-16(14,15)8-9/h9,11H,1-8H2. The summed E-state index contributed by atoms with van der Waals surface area (Å²) in [5.41, 5.74) is 0. The molecule has 0 aromatic rings. The SMILES string of the molecule is O=C(CC1CCS(=O)(=O)C1)N1CCNCC1. The number of piperazine rings is 1. The van der Waals surface area contributed by atoms with Crippen molar-refractivity contribution in [2.75, 3.05) is 37.7 Å². The van der Waals surface area contributed by atoms with Crippen LogP contribution in [0, 0.1) is 5.92 Å². The molecule has 1 atom stereocenters. The Labute approximate surface area is 96.1 Å². The first kappa shape index (κ1) is 11.9. The number of amides is 1. The maximum absolute atomic E-state index is 11.9. The second-order valence-electron chi connectivity index (χ2n) is 4.60. The van der Waals surface area contributed by atoms with Crippen molar-refractivity contribution in [3.05, 3.63) is 0 Å². The van der Waals surface area contributed by atoms with Crippen LogP contribution >= 0.6 is 0 Å². The van der Waals surface area contributed by atoms with Crippen LogP contribution in [0.3, 0.4) is 0 Å². The second kappa shape index (κ2) is 4.71. The molecular weight excluding hydrogens is 228 g/mol. The van der Waals surface area contributed by atoms with Gasteiger partial charge >= 0.3 is 0 Å². The summed E-state index contributed by atoms with van der Waals surface area (Å²) in [6, 6.07) is 0. The Morgan fingerprint density at radius 2 is 2.00 bits per heavy atom. The molecule has 2 heterocycles. The fourth-order valence-corrected chi connectivity index (χ4v) is 4.19. The summed E-state index contributed by atoms with van der Waals surface area (Å²) in [5.74, 6) is 0.619. The minimum Gasteiger partial charge on any atom is -0.340 e. The van der Waals surface area contributed by atoms with Crippen LogP contribution in [-0.4, -0.2) is 56.9 Å². The number of nitrogens with one attached hydrogen (secondary N) is 1. The molecular formula is C10H18N2O3S. The topological polar surface area (TPSA) is 66.5 Å². The van der Waals surface area contributed by atoms with Gasteiger partial charge in [0.15, 0.2) is 9.84 Å². The quantitative estimate of drug-likeness (QED) is 0.696. The zero-order valence-electron chi connectivity index (χ0n) is 9.31. The number of carbonyl (C=O) groups is 1. The van der Waals surface area contributed by atoms with E-state index in [0.717, 1.165) is 26.2 Å². The summed E-state index contributed by atoms with van der Waals surface area (Å²) in [7, 11) is -2.85. The lowest BCUT2D eigenvalue weighted by atomic mass is 10.0. The molecule has 2 aliphatic heterocycles. The van der Waals surface area contributed by atoms with Gasteiger partial charge in [0.05, 0.1) is 11.5 Å². The van der Waals surface area contributed by atoms with E-state index in [0.29, 0.717) is 12.8 Å². The lowest BCUT2D eigenvalue weighted by molar-refractivity contribution is -0.132. The first-order chi connectivity index (χ1) is 7.57. The zero-order chi connectivity index (χ0) is 11.6. The predicted octanol–water partition coefficient (Wildman–Crippen LogP) is -0.757. The van der Waals surface area contributed by atoms with E-state index >= 15 is 0 Å². The molecule has 1 unspecified atom stereocenters. The van der Waals surface area contributed by atoms with Gasteiger partial charge in [-0.1, -0.05) is 0 Å². The van der Waals surface area contributed by atoms with Crippen LogP contribution in [0.5, 0.6) is 0 Å². The molecule has 0 bridgehead atoms. The normalized spacial score (nSPS) is 29.2. The first-order valence-corrected chi connectivity index (χ1v) is 7.58. The van der Waals surface area contributed by atoms with Gasteiger partial charge in [-0.05, 0) is 12.3 Å². The van der Waals surface area contributed by atoms with E-state index in [2.05, 4.69) is 5.32 Å². The smallest absolute Gasteiger partial charge is 0.222 e. The maximum atomic E-state index is 11.9. The summed E-state index contributed by atoms with van der Waals surface area (Å²) in [6.07, 6.45) is 1.05. The molecule has 2 saturated heterocycles. The van der Waals surface area contributed by atoms with Crippen LogP contribution in [0.25, 0.3) is 0 Å². The monoisotopic (exact) mass is 246 g/mol. The van der Waals surface area contributed by atoms with Gasteiger partial charge in [0.2, 0.25) is 5.91 Å². The van der Waals surface area contributed by atoms with Gasteiger partial charge < -0.3 is 10.2 Å². The molecule has 0 aromatic heterocycles. The summed E-state index contributed by atoms with van der Waals surface area (Å²) < 4.78 is 22.5. The fraction of sp³-hybridized carbons (Fsp3) is 0.900. The van der Waals surface area contributed by atoms with Gasteiger partial charge in [-0.15, -0.1) is 0 Å². The van der Waals surface area contributed by atoms with Gasteiger partial charge in [-0.25, -0.2) is 8.42 Å². The Morgan fingerprint density at radius 3 is 2.56 bits per heavy atom. The van der Waals surface area contributed by atoms with Gasteiger partial charge in [-0.2, -0.15) is 0 Å². The number of hydrogen-bond acceptors (Lipinski definition) is 4. The zero-order valence-corrected chi connectivity index (χ0v) is 10.1. The number of sulfone groups is 1. The van der Waals surface area contributed by atoms with Crippen molar-refractivity contribution in [3.63, 3.8) is 0 Å². The molecule has 0 spiro atoms. The summed E-state index contributed by atoms with van der Waals surface area (Å²) in [6.45, 7) is 3.18. The molecule has 2 aliphatic rings. The third-order valence-electron chi connectivity index (χ3n) is 3.26. The van der Waals surface area contributed by atoms with Crippen LogP contribution in [-0.2, 0) is 14.6 Å². The average Bonchev–Trinajstić information content (AvgIpc) is 2.59. The highest BCUT2D eigenvalue weighted by Crippen LogP contribution is 2.22. The molecule has 2 fully saturated rings. The van der Waals surface area contributed by atoms with E-state index in [1.807, 2.05) is 4.90 Å². The summed E-state index contributed by atoms with van der Waals surface area (Å²) >= 11 is 0.